The molecule has 3 aromatic rings. The van der Waals surface area contributed by atoms with Crippen molar-refractivity contribution < 1.29 is 0 Å². The van der Waals surface area contributed by atoms with Crippen LogP contribution in [0.1, 0.15) is 30.5 Å². The third-order valence-electron chi connectivity index (χ3n) is 3.76. The Kier molecular flexibility index (Phi) is 4.52. The van der Waals surface area contributed by atoms with Gasteiger partial charge >= 0.3 is 0 Å². The summed E-state index contributed by atoms with van der Waals surface area (Å²) in [5.74, 6) is 1.19. The Hall–Kier alpha value is -2.89. The monoisotopic (exact) mass is 308 g/mol. The van der Waals surface area contributed by atoms with Gasteiger partial charge < -0.3 is 11.1 Å². The molecule has 1 aromatic carbocycles. The molecule has 118 valence electrons. The normalized spacial score (nSPS) is 12.0. The Bertz CT molecular complexity index is 736. The number of benzene rings is 1. The molecule has 0 aliphatic heterocycles. The first-order valence-corrected chi connectivity index (χ1v) is 7.65. The second-order valence-corrected chi connectivity index (χ2v) is 5.33. The van der Waals surface area contributed by atoms with Gasteiger partial charge in [-0.05, 0) is 23.6 Å². The number of nitrogens with zero attached hydrogens (tertiary/aromatic N) is 4. The first-order valence-electron chi connectivity index (χ1n) is 7.65. The molecule has 0 aliphatic rings. The predicted octanol–water partition coefficient (Wildman–Crippen LogP) is 2.87. The van der Waals surface area contributed by atoms with E-state index in [2.05, 4.69) is 51.6 Å². The number of hydrogen-bond donors (Lipinski definition) is 2. The van der Waals surface area contributed by atoms with Gasteiger partial charge in [0.1, 0.15) is 18.0 Å². The van der Waals surface area contributed by atoms with Gasteiger partial charge in [-0.15, -0.1) is 0 Å². The van der Waals surface area contributed by atoms with Crippen molar-refractivity contribution in [1.82, 2.24) is 19.7 Å². The van der Waals surface area contributed by atoms with E-state index in [1.54, 1.807) is 6.07 Å². The first-order chi connectivity index (χ1) is 11.3. The molecule has 0 saturated carbocycles. The number of hydrogen-bond acceptors (Lipinski definition) is 5. The van der Waals surface area contributed by atoms with Gasteiger partial charge in [-0.25, -0.2) is 9.97 Å². The van der Waals surface area contributed by atoms with Gasteiger partial charge in [0.15, 0.2) is 0 Å². The minimum absolute atomic E-state index is 0.272. The van der Waals surface area contributed by atoms with Crippen LogP contribution in [-0.4, -0.2) is 19.7 Å². The first kappa shape index (κ1) is 15.0. The fourth-order valence-corrected chi connectivity index (χ4v) is 2.56. The maximum atomic E-state index is 5.64. The van der Waals surface area contributed by atoms with Crippen LogP contribution in [0.15, 0.2) is 55.1 Å². The highest BCUT2D eigenvalue weighted by atomic mass is 15.3. The van der Waals surface area contributed by atoms with Crippen molar-refractivity contribution in [2.24, 2.45) is 0 Å². The molecule has 0 spiro atoms. The van der Waals surface area contributed by atoms with E-state index < -0.39 is 0 Å². The topological polar surface area (TPSA) is 81.6 Å². The van der Waals surface area contributed by atoms with Crippen molar-refractivity contribution in [1.29, 1.82) is 0 Å². The Morgan fingerprint density at radius 3 is 2.70 bits per heavy atom. The summed E-state index contributed by atoms with van der Waals surface area (Å²) in [6.45, 7) is 2.86. The summed E-state index contributed by atoms with van der Waals surface area (Å²) in [6.07, 6.45) is 6.27. The molecule has 0 bridgehead atoms. The van der Waals surface area contributed by atoms with E-state index >= 15 is 0 Å². The third kappa shape index (κ3) is 3.66. The summed E-state index contributed by atoms with van der Waals surface area (Å²) in [5.41, 5.74) is 8.08. The summed E-state index contributed by atoms with van der Waals surface area (Å²) >= 11 is 0. The maximum absolute atomic E-state index is 5.64. The zero-order chi connectivity index (χ0) is 16.1. The molecule has 1 unspecified atom stereocenters. The number of nitrogen functional groups attached to an aromatic ring is 1. The van der Waals surface area contributed by atoms with Gasteiger partial charge in [0.2, 0.25) is 0 Å². The van der Waals surface area contributed by atoms with E-state index in [1.165, 1.54) is 17.5 Å². The van der Waals surface area contributed by atoms with E-state index in [4.69, 9.17) is 5.73 Å². The van der Waals surface area contributed by atoms with Gasteiger partial charge in [-0.2, -0.15) is 5.10 Å². The van der Waals surface area contributed by atoms with Crippen LogP contribution < -0.4 is 11.1 Å². The lowest BCUT2D eigenvalue weighted by atomic mass is 10.0. The third-order valence-corrected chi connectivity index (χ3v) is 3.76. The van der Waals surface area contributed by atoms with Crippen molar-refractivity contribution in [3.63, 3.8) is 0 Å². The minimum Gasteiger partial charge on any atom is -0.384 e. The molecule has 3 rings (SSSR count). The second-order valence-electron chi connectivity index (χ2n) is 5.33. The quantitative estimate of drug-likeness (QED) is 0.732. The molecule has 1 atom stereocenters. The molecule has 23 heavy (non-hydrogen) atoms. The van der Waals surface area contributed by atoms with Crippen LogP contribution in [-0.2, 0) is 6.54 Å². The standard InChI is InChI=1S/C17H20N6/c1-2-15(23-9-3-8-22-23)14-6-4-13(5-7-14)11-19-17-10-16(18)20-12-21-17/h3-10,12,15H,2,11H2,1H3,(H3,18,19,20,21). The molecule has 2 heterocycles. The molecule has 6 nitrogen and oxygen atoms in total. The fourth-order valence-electron chi connectivity index (χ4n) is 2.56. The smallest absolute Gasteiger partial charge is 0.131 e. The van der Waals surface area contributed by atoms with Gasteiger partial charge in [-0.1, -0.05) is 31.2 Å². The van der Waals surface area contributed by atoms with Crippen molar-refractivity contribution in [2.75, 3.05) is 11.1 Å². The Balaban J connectivity index is 1.67. The molecule has 0 saturated heterocycles. The highest BCUT2D eigenvalue weighted by Crippen LogP contribution is 2.21. The number of aromatic nitrogens is 4. The Morgan fingerprint density at radius 1 is 1.22 bits per heavy atom. The molecule has 3 N–H and O–H groups in total. The summed E-state index contributed by atoms with van der Waals surface area (Å²) in [5, 5.41) is 7.59. The summed E-state index contributed by atoms with van der Waals surface area (Å²) < 4.78 is 2.00. The van der Waals surface area contributed by atoms with Crippen LogP contribution in [0.5, 0.6) is 0 Å². The second kappa shape index (κ2) is 6.91. The fraction of sp³-hybridized carbons (Fsp3) is 0.235. The summed E-state index contributed by atoms with van der Waals surface area (Å²) in [7, 11) is 0. The van der Waals surface area contributed by atoms with Crippen LogP contribution in [0.3, 0.4) is 0 Å². The van der Waals surface area contributed by atoms with Crippen LogP contribution in [0.4, 0.5) is 11.6 Å². The molecule has 0 radical (unpaired) electrons. The zero-order valence-corrected chi connectivity index (χ0v) is 13.1. The van der Waals surface area contributed by atoms with Crippen molar-refractivity contribution in [3.8, 4) is 0 Å². The lowest BCUT2D eigenvalue weighted by Crippen LogP contribution is -2.10. The predicted molar refractivity (Wildman–Crippen MR) is 90.9 cm³/mol. The molecule has 0 aliphatic carbocycles. The lowest BCUT2D eigenvalue weighted by Gasteiger charge is -2.16. The van der Waals surface area contributed by atoms with Crippen LogP contribution in [0, 0.1) is 0 Å². The highest BCUT2D eigenvalue weighted by Gasteiger charge is 2.11. The van der Waals surface area contributed by atoms with E-state index in [-0.39, 0.29) is 6.04 Å². The van der Waals surface area contributed by atoms with Crippen LogP contribution >= 0.6 is 0 Å². The molecule has 0 fully saturated rings. The number of nitrogens with two attached hydrogens (primary N) is 1. The van der Waals surface area contributed by atoms with Gasteiger partial charge in [0, 0.05) is 25.0 Å². The maximum Gasteiger partial charge on any atom is 0.131 e. The lowest BCUT2D eigenvalue weighted by molar-refractivity contribution is 0.509. The average molecular weight is 308 g/mol. The van der Waals surface area contributed by atoms with Crippen LogP contribution in [0.2, 0.25) is 0 Å². The zero-order valence-electron chi connectivity index (χ0n) is 13.1. The molecular weight excluding hydrogens is 288 g/mol. The number of anilines is 2. The largest absolute Gasteiger partial charge is 0.384 e. The van der Waals surface area contributed by atoms with Crippen molar-refractivity contribution in [2.45, 2.75) is 25.9 Å². The van der Waals surface area contributed by atoms with Crippen molar-refractivity contribution in [3.05, 3.63) is 66.2 Å². The minimum atomic E-state index is 0.272. The Morgan fingerprint density at radius 2 is 2.04 bits per heavy atom. The summed E-state index contributed by atoms with van der Waals surface area (Å²) in [4.78, 5) is 8.01. The van der Waals surface area contributed by atoms with Gasteiger partial charge in [0.05, 0.1) is 6.04 Å². The van der Waals surface area contributed by atoms with Crippen molar-refractivity contribution >= 4 is 11.6 Å². The van der Waals surface area contributed by atoms with E-state index in [0.29, 0.717) is 12.4 Å². The number of rotatable bonds is 6. The highest BCUT2D eigenvalue weighted by molar-refractivity contribution is 5.43. The van der Waals surface area contributed by atoms with Crippen LogP contribution in [0.25, 0.3) is 0 Å². The molecule has 6 heteroatoms. The summed E-state index contributed by atoms with van der Waals surface area (Å²) in [6, 6.07) is 12.5. The van der Waals surface area contributed by atoms with E-state index in [9.17, 15) is 0 Å². The average Bonchev–Trinajstić information content (AvgIpc) is 3.09. The molecule has 0 amide bonds. The number of nitrogens with one attached hydrogen (secondary N) is 1. The molecule has 2 aromatic heterocycles. The van der Waals surface area contributed by atoms with E-state index in [0.717, 1.165) is 12.2 Å². The Labute approximate surface area is 135 Å². The molecular formula is C17H20N6. The van der Waals surface area contributed by atoms with Gasteiger partial charge in [0.25, 0.3) is 0 Å². The van der Waals surface area contributed by atoms with Gasteiger partial charge in [-0.3, -0.25) is 4.68 Å². The SMILES string of the molecule is CCC(c1ccc(CNc2cc(N)ncn2)cc1)n1cccn1. The van der Waals surface area contributed by atoms with E-state index in [1.807, 2.05) is 23.1 Å².